The summed E-state index contributed by atoms with van der Waals surface area (Å²) in [6, 6.07) is 8.89. The van der Waals surface area contributed by atoms with Crippen LogP contribution in [0.15, 0.2) is 35.1 Å². The van der Waals surface area contributed by atoms with Gasteiger partial charge in [0.1, 0.15) is 5.82 Å². The third kappa shape index (κ3) is 3.77. The lowest BCUT2D eigenvalue weighted by atomic mass is 9.84. The number of benzene rings is 1. The van der Waals surface area contributed by atoms with Gasteiger partial charge in [0.2, 0.25) is 5.91 Å². The molecule has 2 saturated carbocycles. The standard InChI is InChI=1S/C20H24N4O2.ClH/c1-2-14-10-16(25)24-19(22-14)13-4-3-5-15(9-13)23-20(26)17-11-6-7-12(8-11)18(17)21;/h3-5,9-12,17-18H,2,6-8,21H2,1H3,(H,23,26)(H,22,24,25);1H. The van der Waals surface area contributed by atoms with Gasteiger partial charge in [-0.2, -0.15) is 0 Å². The van der Waals surface area contributed by atoms with E-state index in [0.717, 1.165) is 30.5 Å². The van der Waals surface area contributed by atoms with Gasteiger partial charge in [-0.25, -0.2) is 4.98 Å². The number of halogens is 1. The number of carbonyl (C=O) groups excluding carboxylic acids is 1. The first-order valence-corrected chi connectivity index (χ1v) is 9.32. The number of aromatic amines is 1. The summed E-state index contributed by atoms with van der Waals surface area (Å²) in [7, 11) is 0. The van der Waals surface area contributed by atoms with Gasteiger partial charge in [-0.05, 0) is 49.7 Å². The van der Waals surface area contributed by atoms with Crippen molar-refractivity contribution in [1.29, 1.82) is 0 Å². The normalized spacial score (nSPS) is 25.9. The van der Waals surface area contributed by atoms with Crippen molar-refractivity contribution in [2.45, 2.75) is 38.6 Å². The molecule has 27 heavy (non-hydrogen) atoms. The number of H-pyrrole nitrogens is 1. The lowest BCUT2D eigenvalue weighted by Crippen LogP contribution is -2.42. The van der Waals surface area contributed by atoms with Gasteiger partial charge in [0.15, 0.2) is 0 Å². The van der Waals surface area contributed by atoms with E-state index < -0.39 is 0 Å². The number of anilines is 1. The fourth-order valence-corrected chi connectivity index (χ4v) is 4.52. The third-order valence-corrected chi connectivity index (χ3v) is 5.84. The first kappa shape index (κ1) is 19.6. The molecule has 144 valence electrons. The van der Waals surface area contributed by atoms with Gasteiger partial charge in [0, 0.05) is 29.1 Å². The third-order valence-electron chi connectivity index (χ3n) is 5.84. The second-order valence-corrected chi connectivity index (χ2v) is 7.45. The molecule has 2 aromatic rings. The number of nitrogens with one attached hydrogen (secondary N) is 2. The van der Waals surface area contributed by atoms with Gasteiger partial charge in [0.25, 0.3) is 5.56 Å². The highest BCUT2D eigenvalue weighted by Gasteiger charge is 2.49. The maximum absolute atomic E-state index is 12.8. The molecule has 4 unspecified atom stereocenters. The summed E-state index contributed by atoms with van der Waals surface area (Å²) >= 11 is 0. The number of amides is 1. The van der Waals surface area contributed by atoms with Gasteiger partial charge in [-0.15, -0.1) is 12.4 Å². The molecule has 7 heteroatoms. The van der Waals surface area contributed by atoms with Crippen molar-refractivity contribution >= 4 is 24.0 Å². The maximum Gasteiger partial charge on any atom is 0.251 e. The van der Waals surface area contributed by atoms with Crippen molar-refractivity contribution in [3.05, 3.63) is 46.4 Å². The predicted molar refractivity (Wildman–Crippen MR) is 108 cm³/mol. The number of aromatic nitrogens is 2. The SMILES string of the molecule is CCc1cc(=O)[nH]c(-c2cccc(NC(=O)C3C4CCC(C4)C3N)c2)n1.Cl. The molecule has 1 heterocycles. The fourth-order valence-electron chi connectivity index (χ4n) is 4.52. The Hall–Kier alpha value is -2.18. The zero-order valence-electron chi connectivity index (χ0n) is 15.3. The molecule has 1 aromatic heterocycles. The van der Waals surface area contributed by atoms with E-state index >= 15 is 0 Å². The average Bonchev–Trinajstić information content (AvgIpc) is 3.22. The number of carbonyl (C=O) groups is 1. The average molecular weight is 389 g/mol. The minimum atomic E-state index is -0.172. The van der Waals surface area contributed by atoms with Crippen LogP contribution in [-0.4, -0.2) is 21.9 Å². The number of fused-ring (bicyclic) bond motifs is 2. The molecule has 2 aliphatic rings. The Bertz CT molecular complexity index is 896. The molecule has 1 amide bonds. The smallest absolute Gasteiger partial charge is 0.251 e. The summed E-state index contributed by atoms with van der Waals surface area (Å²) in [5.41, 5.74) is 8.32. The first-order valence-electron chi connectivity index (χ1n) is 9.32. The molecule has 1 aromatic carbocycles. The molecular weight excluding hydrogens is 364 g/mol. The zero-order chi connectivity index (χ0) is 18.3. The van der Waals surface area contributed by atoms with Crippen LogP contribution < -0.4 is 16.6 Å². The fraction of sp³-hybridized carbons (Fsp3) is 0.450. The Kier molecular flexibility index (Phi) is 5.67. The van der Waals surface area contributed by atoms with Gasteiger partial charge in [-0.3, -0.25) is 9.59 Å². The van der Waals surface area contributed by atoms with Gasteiger partial charge >= 0.3 is 0 Å². The van der Waals surface area contributed by atoms with Crippen LogP contribution in [0.25, 0.3) is 11.4 Å². The van der Waals surface area contributed by atoms with Gasteiger partial charge in [-0.1, -0.05) is 19.1 Å². The summed E-state index contributed by atoms with van der Waals surface area (Å²) in [4.78, 5) is 31.8. The Morgan fingerprint density at radius 1 is 1.30 bits per heavy atom. The van der Waals surface area contributed by atoms with Crippen molar-refractivity contribution in [3.8, 4) is 11.4 Å². The Morgan fingerprint density at radius 2 is 2.07 bits per heavy atom. The van der Waals surface area contributed by atoms with Crippen molar-refractivity contribution in [2.24, 2.45) is 23.5 Å². The molecule has 2 aliphatic carbocycles. The predicted octanol–water partition coefficient (Wildman–Crippen LogP) is 2.73. The number of rotatable bonds is 4. The highest BCUT2D eigenvalue weighted by atomic mass is 35.5. The van der Waals surface area contributed by atoms with E-state index in [1.165, 1.54) is 6.07 Å². The monoisotopic (exact) mass is 388 g/mol. The van der Waals surface area contributed by atoms with Gasteiger partial charge < -0.3 is 16.0 Å². The van der Waals surface area contributed by atoms with Crippen molar-refractivity contribution in [1.82, 2.24) is 9.97 Å². The Balaban J connectivity index is 0.00000210. The Morgan fingerprint density at radius 3 is 2.78 bits per heavy atom. The van der Waals surface area contributed by atoms with E-state index in [9.17, 15) is 9.59 Å². The second-order valence-electron chi connectivity index (χ2n) is 7.45. The highest BCUT2D eigenvalue weighted by Crippen LogP contribution is 2.47. The molecular formula is C20H25ClN4O2. The number of hydrogen-bond acceptors (Lipinski definition) is 4. The van der Waals surface area contributed by atoms with E-state index in [0.29, 0.717) is 29.8 Å². The van der Waals surface area contributed by atoms with Crippen LogP contribution in [0.1, 0.15) is 31.9 Å². The number of nitrogens with two attached hydrogens (primary N) is 1. The summed E-state index contributed by atoms with van der Waals surface area (Å²) in [6.45, 7) is 1.96. The molecule has 4 atom stereocenters. The van der Waals surface area contributed by atoms with E-state index in [2.05, 4.69) is 15.3 Å². The first-order chi connectivity index (χ1) is 12.5. The quantitative estimate of drug-likeness (QED) is 0.749. The zero-order valence-corrected chi connectivity index (χ0v) is 16.1. The molecule has 0 saturated heterocycles. The van der Waals surface area contributed by atoms with Crippen LogP contribution >= 0.6 is 12.4 Å². The lowest BCUT2D eigenvalue weighted by Gasteiger charge is -2.27. The minimum Gasteiger partial charge on any atom is -0.327 e. The molecule has 2 bridgehead atoms. The molecule has 0 spiro atoms. The van der Waals surface area contributed by atoms with Crippen LogP contribution in [0.2, 0.25) is 0 Å². The van der Waals surface area contributed by atoms with Gasteiger partial charge in [0.05, 0.1) is 5.92 Å². The van der Waals surface area contributed by atoms with Crippen molar-refractivity contribution in [3.63, 3.8) is 0 Å². The van der Waals surface area contributed by atoms with E-state index in [4.69, 9.17) is 5.73 Å². The van der Waals surface area contributed by atoms with Crippen LogP contribution in [-0.2, 0) is 11.2 Å². The molecule has 0 radical (unpaired) electrons. The number of hydrogen-bond donors (Lipinski definition) is 3. The number of nitrogens with zero attached hydrogens (tertiary/aromatic N) is 1. The lowest BCUT2D eigenvalue weighted by molar-refractivity contribution is -0.121. The summed E-state index contributed by atoms with van der Waals surface area (Å²) in [5, 5.41) is 3.01. The van der Waals surface area contributed by atoms with Crippen LogP contribution in [0.4, 0.5) is 5.69 Å². The summed E-state index contributed by atoms with van der Waals surface area (Å²) < 4.78 is 0. The minimum absolute atomic E-state index is 0. The maximum atomic E-state index is 12.8. The number of aryl methyl sites for hydroxylation is 1. The summed E-state index contributed by atoms with van der Waals surface area (Å²) in [6.07, 6.45) is 4.02. The summed E-state index contributed by atoms with van der Waals surface area (Å²) in [5.74, 6) is 1.33. The largest absolute Gasteiger partial charge is 0.327 e. The van der Waals surface area contributed by atoms with E-state index in [-0.39, 0.29) is 35.8 Å². The van der Waals surface area contributed by atoms with Crippen molar-refractivity contribution < 1.29 is 4.79 Å². The topological polar surface area (TPSA) is 101 Å². The van der Waals surface area contributed by atoms with Crippen LogP contribution in [0, 0.1) is 17.8 Å². The second kappa shape index (κ2) is 7.82. The Labute approximate surface area is 164 Å². The molecule has 2 fully saturated rings. The highest BCUT2D eigenvalue weighted by molar-refractivity contribution is 5.94. The molecule has 4 N–H and O–H groups in total. The van der Waals surface area contributed by atoms with Crippen LogP contribution in [0.3, 0.4) is 0 Å². The van der Waals surface area contributed by atoms with E-state index in [1.54, 1.807) is 0 Å². The molecule has 4 rings (SSSR count). The molecule has 6 nitrogen and oxygen atoms in total. The van der Waals surface area contributed by atoms with E-state index in [1.807, 2.05) is 31.2 Å². The van der Waals surface area contributed by atoms with Crippen molar-refractivity contribution in [2.75, 3.05) is 5.32 Å². The molecule has 0 aliphatic heterocycles. The van der Waals surface area contributed by atoms with Crippen LogP contribution in [0.5, 0.6) is 0 Å².